The molecule has 164 valence electrons. The summed E-state index contributed by atoms with van der Waals surface area (Å²) in [5, 5.41) is 6.96. The highest BCUT2D eigenvalue weighted by Crippen LogP contribution is 2.36. The molecule has 1 aromatic carbocycles. The number of likely N-dealkylation sites (N-methyl/N-ethyl adjacent to an activating group) is 1. The van der Waals surface area contributed by atoms with Gasteiger partial charge in [0.25, 0.3) is 0 Å². The number of piperazine rings is 1. The standard InChI is InChI=1S/C22H37N5S.HI/c1-4-26-11-13-27(14-12-26)17-20-8-6-19(7-9-20)16-24-21(23-3)25-18-22(2)10-5-15-28-22;/h6-9H,4-5,10-18H2,1-3H3,(H2,23,24,25);1H. The van der Waals surface area contributed by atoms with E-state index in [1.165, 1.54) is 62.4 Å². The first-order valence-electron chi connectivity index (χ1n) is 10.7. The average Bonchev–Trinajstić information content (AvgIpc) is 3.16. The number of guanidine groups is 1. The van der Waals surface area contributed by atoms with Gasteiger partial charge in [0.1, 0.15) is 0 Å². The van der Waals surface area contributed by atoms with Crippen LogP contribution in [-0.4, -0.2) is 72.6 Å². The van der Waals surface area contributed by atoms with E-state index in [1.807, 2.05) is 7.05 Å². The summed E-state index contributed by atoms with van der Waals surface area (Å²) in [6.07, 6.45) is 2.62. The van der Waals surface area contributed by atoms with Crippen molar-refractivity contribution >= 4 is 41.7 Å². The Morgan fingerprint density at radius 3 is 2.31 bits per heavy atom. The molecule has 2 aliphatic heterocycles. The lowest BCUT2D eigenvalue weighted by Crippen LogP contribution is -2.45. The number of hydrogen-bond donors (Lipinski definition) is 2. The minimum atomic E-state index is 0. The Bertz CT molecular complexity index is 623. The topological polar surface area (TPSA) is 42.9 Å². The summed E-state index contributed by atoms with van der Waals surface area (Å²) in [5.41, 5.74) is 2.70. The van der Waals surface area contributed by atoms with E-state index in [0.29, 0.717) is 4.75 Å². The van der Waals surface area contributed by atoms with Gasteiger partial charge in [-0.3, -0.25) is 9.89 Å². The van der Waals surface area contributed by atoms with E-state index < -0.39 is 0 Å². The molecule has 0 spiro atoms. The number of rotatable bonds is 7. The molecule has 0 aromatic heterocycles. The predicted molar refractivity (Wildman–Crippen MR) is 138 cm³/mol. The fraction of sp³-hybridized carbons (Fsp3) is 0.682. The third-order valence-corrected chi connectivity index (χ3v) is 7.49. The van der Waals surface area contributed by atoms with Crippen LogP contribution in [0.25, 0.3) is 0 Å². The monoisotopic (exact) mass is 531 g/mol. The van der Waals surface area contributed by atoms with Gasteiger partial charge < -0.3 is 15.5 Å². The van der Waals surface area contributed by atoms with Crippen molar-refractivity contribution < 1.29 is 0 Å². The molecule has 0 saturated carbocycles. The molecular weight excluding hydrogens is 493 g/mol. The van der Waals surface area contributed by atoms with Crippen molar-refractivity contribution in [1.82, 2.24) is 20.4 Å². The number of nitrogens with zero attached hydrogens (tertiary/aromatic N) is 3. The maximum Gasteiger partial charge on any atom is 0.191 e. The van der Waals surface area contributed by atoms with Crippen LogP contribution in [0.15, 0.2) is 29.3 Å². The van der Waals surface area contributed by atoms with E-state index in [-0.39, 0.29) is 24.0 Å². The minimum absolute atomic E-state index is 0. The summed E-state index contributed by atoms with van der Waals surface area (Å²) in [7, 11) is 1.85. The van der Waals surface area contributed by atoms with Gasteiger partial charge in [-0.05, 0) is 43.2 Å². The predicted octanol–water partition coefficient (Wildman–Crippen LogP) is 3.39. The number of benzene rings is 1. The maximum absolute atomic E-state index is 4.38. The largest absolute Gasteiger partial charge is 0.355 e. The van der Waals surface area contributed by atoms with Gasteiger partial charge >= 0.3 is 0 Å². The van der Waals surface area contributed by atoms with Crippen LogP contribution in [0.3, 0.4) is 0 Å². The second kappa shape index (κ2) is 12.4. The minimum Gasteiger partial charge on any atom is -0.355 e. The van der Waals surface area contributed by atoms with Crippen LogP contribution in [0.2, 0.25) is 0 Å². The van der Waals surface area contributed by atoms with Gasteiger partial charge in [0.05, 0.1) is 0 Å². The van der Waals surface area contributed by atoms with Crippen molar-refractivity contribution in [3.63, 3.8) is 0 Å². The van der Waals surface area contributed by atoms with Gasteiger partial charge in [0.2, 0.25) is 0 Å². The van der Waals surface area contributed by atoms with Gasteiger partial charge in [0.15, 0.2) is 5.96 Å². The second-order valence-electron chi connectivity index (χ2n) is 8.21. The van der Waals surface area contributed by atoms with E-state index in [2.05, 4.69) is 75.3 Å². The molecule has 1 atom stereocenters. The Hall–Kier alpha value is -0.510. The fourth-order valence-corrected chi connectivity index (χ4v) is 5.18. The summed E-state index contributed by atoms with van der Waals surface area (Å²) in [4.78, 5) is 9.47. The summed E-state index contributed by atoms with van der Waals surface area (Å²) in [6, 6.07) is 9.03. The lowest BCUT2D eigenvalue weighted by molar-refractivity contribution is 0.132. The molecule has 2 N–H and O–H groups in total. The van der Waals surface area contributed by atoms with Crippen LogP contribution in [0, 0.1) is 0 Å². The third-order valence-electron chi connectivity index (χ3n) is 5.96. The van der Waals surface area contributed by atoms with Gasteiger partial charge in [-0.25, -0.2) is 0 Å². The normalized spacial score (nSPS) is 23.6. The first kappa shape index (κ1) is 24.8. The van der Waals surface area contributed by atoms with Crippen LogP contribution in [0.1, 0.15) is 37.8 Å². The number of halogens is 1. The van der Waals surface area contributed by atoms with Gasteiger partial charge in [-0.1, -0.05) is 31.2 Å². The Morgan fingerprint density at radius 1 is 1.07 bits per heavy atom. The van der Waals surface area contributed by atoms with Crippen LogP contribution < -0.4 is 10.6 Å². The molecule has 1 aromatic rings. The van der Waals surface area contributed by atoms with Crippen LogP contribution >= 0.6 is 35.7 Å². The molecule has 2 aliphatic rings. The Kier molecular flexibility index (Phi) is 10.6. The molecule has 2 heterocycles. The van der Waals surface area contributed by atoms with Gasteiger partial charge in [-0.15, -0.1) is 24.0 Å². The molecule has 7 heteroatoms. The Morgan fingerprint density at radius 2 is 1.72 bits per heavy atom. The van der Waals surface area contributed by atoms with E-state index >= 15 is 0 Å². The number of aliphatic imine (C=N–C) groups is 1. The van der Waals surface area contributed by atoms with Gasteiger partial charge in [0, 0.05) is 57.6 Å². The first-order valence-corrected chi connectivity index (χ1v) is 11.7. The summed E-state index contributed by atoms with van der Waals surface area (Å²) < 4.78 is 0.349. The summed E-state index contributed by atoms with van der Waals surface area (Å²) in [5.74, 6) is 2.18. The quantitative estimate of drug-likeness (QED) is 0.321. The lowest BCUT2D eigenvalue weighted by Gasteiger charge is -2.34. The van der Waals surface area contributed by atoms with Crippen molar-refractivity contribution in [3.05, 3.63) is 35.4 Å². The zero-order chi connectivity index (χ0) is 19.8. The molecule has 29 heavy (non-hydrogen) atoms. The van der Waals surface area contributed by atoms with E-state index in [4.69, 9.17) is 0 Å². The Balaban J connectivity index is 0.00000300. The van der Waals surface area contributed by atoms with Gasteiger partial charge in [-0.2, -0.15) is 11.8 Å². The van der Waals surface area contributed by atoms with E-state index in [1.54, 1.807) is 0 Å². The molecule has 5 nitrogen and oxygen atoms in total. The highest BCUT2D eigenvalue weighted by atomic mass is 127. The Labute approximate surface area is 198 Å². The van der Waals surface area contributed by atoms with Crippen LogP contribution in [0.4, 0.5) is 0 Å². The highest BCUT2D eigenvalue weighted by Gasteiger charge is 2.29. The summed E-state index contributed by atoms with van der Waals surface area (Å²) in [6.45, 7) is 13.4. The highest BCUT2D eigenvalue weighted by molar-refractivity contribution is 14.0. The third kappa shape index (κ3) is 7.92. The second-order valence-corrected chi connectivity index (χ2v) is 9.89. The molecule has 0 bridgehead atoms. The molecule has 2 fully saturated rings. The molecule has 0 amide bonds. The smallest absolute Gasteiger partial charge is 0.191 e. The maximum atomic E-state index is 4.38. The molecular formula is C22H38IN5S. The molecule has 0 radical (unpaired) electrons. The molecule has 2 saturated heterocycles. The van der Waals surface area contributed by atoms with Crippen molar-refractivity contribution in [1.29, 1.82) is 0 Å². The zero-order valence-electron chi connectivity index (χ0n) is 18.2. The average molecular weight is 532 g/mol. The van der Waals surface area contributed by atoms with Crippen molar-refractivity contribution in [2.75, 3.05) is 52.1 Å². The lowest BCUT2D eigenvalue weighted by atomic mass is 10.1. The molecule has 1 unspecified atom stereocenters. The fourth-order valence-electron chi connectivity index (χ4n) is 3.94. The molecule has 3 rings (SSSR count). The van der Waals surface area contributed by atoms with Crippen molar-refractivity contribution in [3.8, 4) is 0 Å². The van der Waals surface area contributed by atoms with Crippen LogP contribution in [0.5, 0.6) is 0 Å². The number of thioether (sulfide) groups is 1. The number of nitrogens with one attached hydrogen (secondary N) is 2. The van der Waals surface area contributed by atoms with Crippen LogP contribution in [-0.2, 0) is 13.1 Å². The number of hydrogen-bond acceptors (Lipinski definition) is 4. The van der Waals surface area contributed by atoms with Crippen molar-refractivity contribution in [2.24, 2.45) is 4.99 Å². The SMILES string of the molecule is CCN1CCN(Cc2ccc(CNC(=NC)NCC3(C)CCCS3)cc2)CC1.I. The summed E-state index contributed by atoms with van der Waals surface area (Å²) >= 11 is 2.08. The van der Waals surface area contributed by atoms with E-state index in [0.717, 1.165) is 25.6 Å². The molecule has 0 aliphatic carbocycles. The van der Waals surface area contributed by atoms with E-state index in [9.17, 15) is 0 Å². The van der Waals surface area contributed by atoms with Crippen molar-refractivity contribution in [2.45, 2.75) is 44.5 Å². The zero-order valence-corrected chi connectivity index (χ0v) is 21.4. The first-order chi connectivity index (χ1) is 13.6.